The maximum atomic E-state index is 13.3. The van der Waals surface area contributed by atoms with E-state index in [2.05, 4.69) is 10.5 Å². The van der Waals surface area contributed by atoms with Crippen LogP contribution in [0.4, 0.5) is 4.39 Å². The lowest BCUT2D eigenvalue weighted by molar-refractivity contribution is -0.123. The van der Waals surface area contributed by atoms with Crippen molar-refractivity contribution in [2.45, 2.75) is 0 Å². The van der Waals surface area contributed by atoms with Crippen LogP contribution >= 0.6 is 11.6 Å². The molecule has 0 atom stereocenters. The van der Waals surface area contributed by atoms with Gasteiger partial charge in [0, 0.05) is 5.56 Å². The van der Waals surface area contributed by atoms with E-state index < -0.39 is 11.7 Å². The molecule has 0 heterocycles. The smallest absolute Gasteiger partial charge is 0.277 e. The second-order valence-corrected chi connectivity index (χ2v) is 4.44. The van der Waals surface area contributed by atoms with E-state index in [1.54, 1.807) is 42.5 Å². The largest absolute Gasteiger partial charge is 0.482 e. The predicted octanol–water partition coefficient (Wildman–Crippen LogP) is 3.01. The van der Waals surface area contributed by atoms with Gasteiger partial charge in [-0.2, -0.15) is 5.10 Å². The molecule has 0 fully saturated rings. The number of nitrogens with one attached hydrogen (secondary N) is 1. The molecule has 0 aliphatic heterocycles. The monoisotopic (exact) mass is 306 g/mol. The van der Waals surface area contributed by atoms with Crippen LogP contribution in [0.15, 0.2) is 53.6 Å². The first kappa shape index (κ1) is 15.0. The first-order valence-electron chi connectivity index (χ1n) is 6.10. The Morgan fingerprint density at radius 2 is 1.95 bits per heavy atom. The highest BCUT2D eigenvalue weighted by atomic mass is 35.5. The normalized spacial score (nSPS) is 10.6. The lowest BCUT2D eigenvalue weighted by Crippen LogP contribution is -2.24. The van der Waals surface area contributed by atoms with Crippen LogP contribution in [0.5, 0.6) is 5.75 Å². The highest BCUT2D eigenvalue weighted by Crippen LogP contribution is 2.22. The summed E-state index contributed by atoms with van der Waals surface area (Å²) in [4.78, 5) is 11.5. The minimum atomic E-state index is -0.470. The maximum absolute atomic E-state index is 13.3. The van der Waals surface area contributed by atoms with Gasteiger partial charge >= 0.3 is 0 Å². The van der Waals surface area contributed by atoms with Crippen molar-refractivity contribution in [2.75, 3.05) is 6.61 Å². The second kappa shape index (κ2) is 7.40. The molecule has 0 aliphatic rings. The third-order valence-electron chi connectivity index (χ3n) is 2.49. The Kier molecular flexibility index (Phi) is 5.29. The molecule has 0 spiro atoms. The summed E-state index contributed by atoms with van der Waals surface area (Å²) < 4.78 is 18.5. The lowest BCUT2D eigenvalue weighted by atomic mass is 10.2. The molecule has 1 amide bonds. The summed E-state index contributed by atoms with van der Waals surface area (Å²) in [7, 11) is 0. The van der Waals surface area contributed by atoms with Crippen LogP contribution in [0.1, 0.15) is 5.56 Å². The first-order chi connectivity index (χ1) is 10.2. The average Bonchev–Trinajstić information content (AvgIpc) is 2.48. The Morgan fingerprint density at radius 3 is 2.71 bits per heavy atom. The summed E-state index contributed by atoms with van der Waals surface area (Å²) in [6, 6.07) is 12.9. The molecule has 4 nitrogen and oxygen atoms in total. The van der Waals surface area contributed by atoms with E-state index in [4.69, 9.17) is 16.3 Å². The summed E-state index contributed by atoms with van der Waals surface area (Å²) in [6.07, 6.45) is 1.22. The molecular weight excluding hydrogens is 295 g/mol. The van der Waals surface area contributed by atoms with Gasteiger partial charge in [0.15, 0.2) is 6.61 Å². The topological polar surface area (TPSA) is 50.7 Å². The van der Waals surface area contributed by atoms with Gasteiger partial charge in [0.1, 0.15) is 11.6 Å². The van der Waals surface area contributed by atoms with Gasteiger partial charge < -0.3 is 4.74 Å². The fraction of sp³-hybridized carbons (Fsp3) is 0.0667. The molecule has 0 aromatic heterocycles. The number of nitrogens with zero attached hydrogens (tertiary/aromatic N) is 1. The van der Waals surface area contributed by atoms with Crippen molar-refractivity contribution < 1.29 is 13.9 Å². The van der Waals surface area contributed by atoms with E-state index in [0.717, 1.165) is 0 Å². The number of rotatable bonds is 5. The average molecular weight is 307 g/mol. The number of carbonyl (C=O) groups excluding carboxylic acids is 1. The molecule has 2 aromatic rings. The van der Waals surface area contributed by atoms with E-state index in [0.29, 0.717) is 10.8 Å². The molecule has 0 aliphatic carbocycles. The quantitative estimate of drug-likeness (QED) is 0.682. The molecule has 0 saturated carbocycles. The number of carbonyl (C=O) groups is 1. The van der Waals surface area contributed by atoms with Gasteiger partial charge in [-0.1, -0.05) is 41.9 Å². The highest BCUT2D eigenvalue weighted by Gasteiger charge is 2.04. The van der Waals surface area contributed by atoms with Crippen LogP contribution < -0.4 is 10.2 Å². The van der Waals surface area contributed by atoms with Crippen molar-refractivity contribution in [1.29, 1.82) is 0 Å². The van der Waals surface area contributed by atoms with Gasteiger partial charge in [-0.15, -0.1) is 0 Å². The number of hydrogen-bond acceptors (Lipinski definition) is 3. The molecule has 1 N–H and O–H groups in total. The number of hydrogen-bond donors (Lipinski definition) is 1. The molecule has 0 radical (unpaired) electrons. The lowest BCUT2D eigenvalue weighted by Gasteiger charge is -2.06. The molecule has 108 valence electrons. The number of para-hydroxylation sites is 1. The number of ether oxygens (including phenoxy) is 1. The summed E-state index contributed by atoms with van der Waals surface area (Å²) in [5.41, 5.74) is 2.53. The molecule has 2 rings (SSSR count). The van der Waals surface area contributed by atoms with E-state index in [9.17, 15) is 9.18 Å². The van der Waals surface area contributed by atoms with Gasteiger partial charge in [0.2, 0.25) is 0 Å². The van der Waals surface area contributed by atoms with E-state index in [1.807, 2.05) is 0 Å². The van der Waals surface area contributed by atoms with Gasteiger partial charge in [-0.25, -0.2) is 9.82 Å². The van der Waals surface area contributed by atoms with Crippen LogP contribution in [0.25, 0.3) is 0 Å². The standard InChI is InChI=1S/C15H12ClFN2O2/c16-12-6-2-4-8-14(12)21-10-15(20)19-18-9-11-5-1-3-7-13(11)17/h1-9H,10H2,(H,19,20)/b18-9-. The maximum Gasteiger partial charge on any atom is 0.277 e. The molecule has 21 heavy (non-hydrogen) atoms. The van der Waals surface area contributed by atoms with Crippen molar-refractivity contribution >= 4 is 23.7 Å². The zero-order valence-corrected chi connectivity index (χ0v) is 11.7. The third kappa shape index (κ3) is 4.57. The highest BCUT2D eigenvalue weighted by molar-refractivity contribution is 6.32. The zero-order chi connectivity index (χ0) is 15.1. The SMILES string of the molecule is O=C(COc1ccccc1Cl)N/N=C\c1ccccc1F. The molecule has 0 bridgehead atoms. The Bertz CT molecular complexity index is 662. The fourth-order valence-electron chi connectivity index (χ4n) is 1.49. The first-order valence-corrected chi connectivity index (χ1v) is 6.48. The van der Waals surface area contributed by atoms with Gasteiger partial charge in [0.05, 0.1) is 11.2 Å². The summed E-state index contributed by atoms with van der Waals surface area (Å²) in [6.45, 7) is -0.238. The van der Waals surface area contributed by atoms with E-state index in [-0.39, 0.29) is 12.2 Å². The van der Waals surface area contributed by atoms with Crippen molar-refractivity contribution in [3.8, 4) is 5.75 Å². The fourth-order valence-corrected chi connectivity index (χ4v) is 1.68. The minimum absolute atomic E-state index is 0.238. The second-order valence-electron chi connectivity index (χ2n) is 4.03. The molecule has 6 heteroatoms. The van der Waals surface area contributed by atoms with Crippen LogP contribution in [0.3, 0.4) is 0 Å². The Labute approximate surface area is 126 Å². The Hall–Kier alpha value is -2.40. The third-order valence-corrected chi connectivity index (χ3v) is 2.81. The minimum Gasteiger partial charge on any atom is -0.482 e. The number of halogens is 2. The van der Waals surface area contributed by atoms with Crippen LogP contribution in [-0.2, 0) is 4.79 Å². The van der Waals surface area contributed by atoms with Crippen LogP contribution in [0, 0.1) is 5.82 Å². The van der Waals surface area contributed by atoms with Crippen LogP contribution in [-0.4, -0.2) is 18.7 Å². The number of hydrazone groups is 1. The number of benzene rings is 2. The molecular formula is C15H12ClFN2O2. The van der Waals surface area contributed by atoms with E-state index >= 15 is 0 Å². The van der Waals surface area contributed by atoms with Gasteiger partial charge in [-0.3, -0.25) is 4.79 Å². The molecule has 0 saturated heterocycles. The molecule has 2 aromatic carbocycles. The van der Waals surface area contributed by atoms with Crippen LogP contribution in [0.2, 0.25) is 5.02 Å². The van der Waals surface area contributed by atoms with Crippen molar-refractivity contribution in [3.63, 3.8) is 0 Å². The van der Waals surface area contributed by atoms with Crippen molar-refractivity contribution in [3.05, 3.63) is 64.9 Å². The van der Waals surface area contributed by atoms with Crippen molar-refractivity contribution in [2.24, 2.45) is 5.10 Å². The summed E-state index contributed by atoms with van der Waals surface area (Å²) >= 11 is 5.88. The zero-order valence-electron chi connectivity index (χ0n) is 10.9. The van der Waals surface area contributed by atoms with Crippen molar-refractivity contribution in [1.82, 2.24) is 5.43 Å². The Morgan fingerprint density at radius 1 is 1.24 bits per heavy atom. The van der Waals surface area contributed by atoms with Gasteiger partial charge in [-0.05, 0) is 18.2 Å². The van der Waals surface area contributed by atoms with E-state index in [1.165, 1.54) is 12.3 Å². The number of amides is 1. The molecule has 0 unspecified atom stereocenters. The summed E-state index contributed by atoms with van der Waals surface area (Å²) in [5.74, 6) is -0.474. The predicted molar refractivity (Wildman–Crippen MR) is 79.1 cm³/mol. The Balaban J connectivity index is 1.83. The summed E-state index contributed by atoms with van der Waals surface area (Å²) in [5, 5.41) is 4.08. The van der Waals surface area contributed by atoms with Gasteiger partial charge in [0.25, 0.3) is 5.91 Å².